The highest BCUT2D eigenvalue weighted by Gasteiger charge is 2.45. The molecule has 1 aliphatic rings. The van der Waals surface area contributed by atoms with Gasteiger partial charge in [-0.3, -0.25) is 0 Å². The Kier molecular flexibility index (Phi) is 1.02. The van der Waals surface area contributed by atoms with Crippen molar-refractivity contribution in [2.45, 2.75) is 12.2 Å². The Morgan fingerprint density at radius 1 is 1.75 bits per heavy atom. The van der Waals surface area contributed by atoms with Crippen molar-refractivity contribution >= 4 is 12.3 Å². The molecule has 8 heavy (non-hydrogen) atoms. The lowest BCUT2D eigenvalue weighted by atomic mass is 10.3. The molecule has 1 N–H and O–H groups in total. The fourth-order valence-electron chi connectivity index (χ4n) is 0.426. The Balaban J connectivity index is 2.36. The average molecular weight is 116 g/mol. The Labute approximate surface area is 45.1 Å². The smallest absolute Gasteiger partial charge is 0.336 e. The standard InChI is InChI=1S/C4H4O4/c5-1-2-3(8-2)4(6)7/h1-3H,(H,6,7). The van der Waals surface area contributed by atoms with Crippen molar-refractivity contribution in [2.24, 2.45) is 0 Å². The fraction of sp³-hybridized carbons (Fsp3) is 0.500. The molecule has 0 spiro atoms. The SMILES string of the molecule is O=CC1OC1C(=O)O. The first-order valence-electron chi connectivity index (χ1n) is 2.09. The van der Waals surface area contributed by atoms with Gasteiger partial charge in [0.15, 0.2) is 18.5 Å². The summed E-state index contributed by atoms with van der Waals surface area (Å²) in [6.45, 7) is 0. The van der Waals surface area contributed by atoms with E-state index >= 15 is 0 Å². The summed E-state index contributed by atoms with van der Waals surface area (Å²) in [5, 5.41) is 8.07. The lowest BCUT2D eigenvalue weighted by Gasteiger charge is -1.74. The highest BCUT2D eigenvalue weighted by Crippen LogP contribution is 2.18. The summed E-state index contributed by atoms with van der Waals surface area (Å²) in [6.07, 6.45) is -1.07. The van der Waals surface area contributed by atoms with Crippen LogP contribution in [0.25, 0.3) is 0 Å². The van der Waals surface area contributed by atoms with Gasteiger partial charge in [0.25, 0.3) is 0 Å². The number of hydrogen-bond donors (Lipinski definition) is 1. The van der Waals surface area contributed by atoms with Crippen LogP contribution in [0.15, 0.2) is 0 Å². The molecule has 4 nitrogen and oxygen atoms in total. The van der Waals surface area contributed by atoms with Crippen molar-refractivity contribution in [3.8, 4) is 0 Å². The average Bonchev–Trinajstić information content (AvgIpc) is 2.42. The third-order valence-corrected chi connectivity index (χ3v) is 0.903. The third-order valence-electron chi connectivity index (χ3n) is 0.903. The fourth-order valence-corrected chi connectivity index (χ4v) is 0.426. The first-order chi connectivity index (χ1) is 3.75. The first-order valence-corrected chi connectivity index (χ1v) is 2.09. The minimum atomic E-state index is -1.07. The molecule has 1 fully saturated rings. The molecule has 0 aromatic heterocycles. The van der Waals surface area contributed by atoms with Crippen LogP contribution in [0, 0.1) is 0 Å². The maximum absolute atomic E-state index is 9.85. The van der Waals surface area contributed by atoms with E-state index in [-0.39, 0.29) is 0 Å². The first kappa shape index (κ1) is 5.24. The molecule has 1 rings (SSSR count). The van der Waals surface area contributed by atoms with E-state index in [0.717, 1.165) is 0 Å². The minimum absolute atomic E-state index is 0.485. The Morgan fingerprint density at radius 2 is 2.38 bits per heavy atom. The lowest BCUT2D eigenvalue weighted by Crippen LogP contribution is -2.07. The van der Waals surface area contributed by atoms with Crippen molar-refractivity contribution in [3.05, 3.63) is 0 Å². The Bertz CT molecular complexity index is 130. The molecule has 1 aliphatic heterocycles. The maximum atomic E-state index is 9.85. The monoisotopic (exact) mass is 116 g/mol. The molecule has 2 unspecified atom stereocenters. The van der Waals surface area contributed by atoms with Gasteiger partial charge >= 0.3 is 5.97 Å². The second kappa shape index (κ2) is 1.56. The zero-order chi connectivity index (χ0) is 6.15. The molecule has 0 bridgehead atoms. The van der Waals surface area contributed by atoms with Crippen LogP contribution in [0.4, 0.5) is 0 Å². The van der Waals surface area contributed by atoms with E-state index in [4.69, 9.17) is 5.11 Å². The van der Waals surface area contributed by atoms with Crippen molar-refractivity contribution in [1.29, 1.82) is 0 Å². The van der Waals surface area contributed by atoms with Crippen LogP contribution in [0.5, 0.6) is 0 Å². The third kappa shape index (κ3) is 0.696. The van der Waals surface area contributed by atoms with Crippen LogP contribution >= 0.6 is 0 Å². The number of carboxylic acids is 1. The normalized spacial score (nSPS) is 34.0. The molecule has 4 heteroatoms. The summed E-state index contributed by atoms with van der Waals surface area (Å²) in [5.41, 5.74) is 0. The topological polar surface area (TPSA) is 66.9 Å². The summed E-state index contributed by atoms with van der Waals surface area (Å²) >= 11 is 0. The van der Waals surface area contributed by atoms with Gasteiger partial charge in [-0.2, -0.15) is 0 Å². The number of epoxide rings is 1. The predicted octanol–water partition coefficient (Wildman–Crippen LogP) is -0.963. The highest BCUT2D eigenvalue weighted by atomic mass is 16.6. The number of carbonyl (C=O) groups is 2. The minimum Gasteiger partial charge on any atom is -0.479 e. The molecule has 0 aromatic carbocycles. The van der Waals surface area contributed by atoms with Gasteiger partial charge in [0.05, 0.1) is 0 Å². The van der Waals surface area contributed by atoms with E-state index in [9.17, 15) is 9.59 Å². The van der Waals surface area contributed by atoms with Gasteiger partial charge in [-0.25, -0.2) is 4.79 Å². The van der Waals surface area contributed by atoms with Crippen molar-refractivity contribution < 1.29 is 19.4 Å². The van der Waals surface area contributed by atoms with Gasteiger partial charge in [0.1, 0.15) is 0 Å². The van der Waals surface area contributed by atoms with Crippen LogP contribution in [-0.4, -0.2) is 29.6 Å². The van der Waals surface area contributed by atoms with Crippen molar-refractivity contribution in [2.75, 3.05) is 0 Å². The van der Waals surface area contributed by atoms with E-state index in [2.05, 4.69) is 4.74 Å². The van der Waals surface area contributed by atoms with Crippen LogP contribution in [0.1, 0.15) is 0 Å². The largest absolute Gasteiger partial charge is 0.479 e. The molecule has 2 atom stereocenters. The van der Waals surface area contributed by atoms with Gasteiger partial charge < -0.3 is 14.6 Å². The zero-order valence-corrected chi connectivity index (χ0v) is 3.90. The molecule has 1 saturated heterocycles. The van der Waals surface area contributed by atoms with E-state index in [1.807, 2.05) is 0 Å². The van der Waals surface area contributed by atoms with Gasteiger partial charge in [-0.05, 0) is 0 Å². The number of carboxylic acid groups (broad SMARTS) is 1. The maximum Gasteiger partial charge on any atom is 0.336 e. The van der Waals surface area contributed by atoms with Crippen molar-refractivity contribution in [1.82, 2.24) is 0 Å². The number of carbonyl (C=O) groups excluding carboxylic acids is 1. The van der Waals surface area contributed by atoms with E-state index in [0.29, 0.717) is 6.29 Å². The van der Waals surface area contributed by atoms with Gasteiger partial charge in [-0.15, -0.1) is 0 Å². The summed E-state index contributed by atoms with van der Waals surface area (Å²) in [7, 11) is 0. The van der Waals surface area contributed by atoms with Crippen LogP contribution in [0.3, 0.4) is 0 Å². The molecule has 0 amide bonds. The summed E-state index contributed by atoms with van der Waals surface area (Å²) in [4.78, 5) is 19.5. The number of aliphatic carboxylic acids is 1. The second-order valence-electron chi connectivity index (χ2n) is 1.50. The number of aldehydes is 1. The predicted molar refractivity (Wildman–Crippen MR) is 22.4 cm³/mol. The van der Waals surface area contributed by atoms with Gasteiger partial charge in [0.2, 0.25) is 0 Å². The Morgan fingerprint density at radius 3 is 2.50 bits per heavy atom. The molecule has 1 heterocycles. The van der Waals surface area contributed by atoms with Crippen LogP contribution < -0.4 is 0 Å². The number of ether oxygens (including phenoxy) is 1. The summed E-state index contributed by atoms with van der Waals surface area (Å²) < 4.78 is 4.36. The van der Waals surface area contributed by atoms with Crippen LogP contribution in [-0.2, 0) is 14.3 Å². The molecule has 0 aliphatic carbocycles. The van der Waals surface area contributed by atoms with Crippen molar-refractivity contribution in [3.63, 3.8) is 0 Å². The number of hydrogen-bond acceptors (Lipinski definition) is 3. The molecule has 0 radical (unpaired) electrons. The summed E-state index contributed by atoms with van der Waals surface area (Å²) in [5.74, 6) is -1.07. The van der Waals surface area contributed by atoms with E-state index < -0.39 is 18.2 Å². The van der Waals surface area contributed by atoms with Crippen LogP contribution in [0.2, 0.25) is 0 Å². The molecular weight excluding hydrogens is 112 g/mol. The van der Waals surface area contributed by atoms with E-state index in [1.54, 1.807) is 0 Å². The highest BCUT2D eigenvalue weighted by molar-refractivity contribution is 5.82. The molecular formula is C4H4O4. The summed E-state index contributed by atoms with van der Waals surface area (Å²) in [6, 6.07) is 0. The van der Waals surface area contributed by atoms with Gasteiger partial charge in [-0.1, -0.05) is 0 Å². The molecule has 0 aromatic rings. The molecule has 44 valence electrons. The number of rotatable bonds is 2. The zero-order valence-electron chi connectivity index (χ0n) is 3.90. The van der Waals surface area contributed by atoms with Gasteiger partial charge in [0, 0.05) is 0 Å². The molecule has 0 saturated carbocycles. The second-order valence-corrected chi connectivity index (χ2v) is 1.50. The quantitative estimate of drug-likeness (QED) is 0.372. The lowest BCUT2D eigenvalue weighted by molar-refractivity contribution is -0.138. The van der Waals surface area contributed by atoms with E-state index in [1.165, 1.54) is 0 Å². The Hall–Kier alpha value is -0.900.